The highest BCUT2D eigenvalue weighted by Gasteiger charge is 2.14. The number of methoxy groups -OCH3 is 2. The van der Waals surface area contributed by atoms with Gasteiger partial charge < -0.3 is 19.0 Å². The number of rotatable bonds is 5. The van der Waals surface area contributed by atoms with E-state index in [0.717, 1.165) is 0 Å². The fraction of sp³-hybridized carbons (Fsp3) is 0.235. The molecule has 1 amide bonds. The molecule has 1 aromatic heterocycles. The molecule has 2 N–H and O–H groups in total. The number of hydrazone groups is 1. The second kappa shape index (κ2) is 7.52. The number of nitrogens with one attached hydrogen (secondary N) is 1. The number of benzene rings is 1. The van der Waals surface area contributed by atoms with Crippen LogP contribution in [-0.4, -0.2) is 30.9 Å². The monoisotopic (exact) mass is 346 g/mol. The molecule has 0 spiro atoms. The number of hydrogen-bond acceptors (Lipinski definition) is 7. The van der Waals surface area contributed by atoms with Gasteiger partial charge in [0.2, 0.25) is 0 Å². The van der Waals surface area contributed by atoms with Gasteiger partial charge in [-0.05, 0) is 32.0 Å². The number of ether oxygens (including phenoxy) is 2. The highest BCUT2D eigenvalue weighted by Crippen LogP contribution is 2.27. The van der Waals surface area contributed by atoms with E-state index in [2.05, 4.69) is 10.5 Å². The number of hydrogen-bond donors (Lipinski definition) is 2. The molecule has 0 bridgehead atoms. The van der Waals surface area contributed by atoms with Gasteiger partial charge in [-0.15, -0.1) is 0 Å². The lowest BCUT2D eigenvalue weighted by molar-refractivity contribution is 0.0954. The van der Waals surface area contributed by atoms with Gasteiger partial charge in [-0.3, -0.25) is 4.79 Å². The molecular formula is C17H18N2O6. The van der Waals surface area contributed by atoms with E-state index in [1.54, 1.807) is 12.1 Å². The Hall–Kier alpha value is -3.29. The highest BCUT2D eigenvalue weighted by atomic mass is 16.5. The van der Waals surface area contributed by atoms with Gasteiger partial charge >= 0.3 is 5.63 Å². The third kappa shape index (κ3) is 3.97. The fourth-order valence-corrected chi connectivity index (χ4v) is 2.16. The third-order valence-electron chi connectivity index (χ3n) is 3.39. The normalized spacial score (nSPS) is 11.1. The molecule has 0 saturated carbocycles. The van der Waals surface area contributed by atoms with Crippen LogP contribution >= 0.6 is 0 Å². The van der Waals surface area contributed by atoms with E-state index < -0.39 is 11.5 Å². The zero-order valence-electron chi connectivity index (χ0n) is 14.2. The number of aryl methyl sites for hydroxylation is 1. The van der Waals surface area contributed by atoms with Crippen LogP contribution in [0.3, 0.4) is 0 Å². The van der Waals surface area contributed by atoms with Gasteiger partial charge in [-0.25, -0.2) is 10.2 Å². The number of amides is 1. The van der Waals surface area contributed by atoms with E-state index in [-0.39, 0.29) is 28.3 Å². The fourth-order valence-electron chi connectivity index (χ4n) is 2.16. The second-order valence-electron chi connectivity index (χ2n) is 5.11. The Morgan fingerprint density at radius 3 is 2.48 bits per heavy atom. The highest BCUT2D eigenvalue weighted by molar-refractivity contribution is 6.02. The molecule has 1 aromatic carbocycles. The maximum absolute atomic E-state index is 12.2. The zero-order chi connectivity index (χ0) is 18.6. The summed E-state index contributed by atoms with van der Waals surface area (Å²) in [5, 5.41) is 13.7. The Labute approximate surface area is 143 Å². The molecule has 0 unspecified atom stereocenters. The van der Waals surface area contributed by atoms with Gasteiger partial charge in [0.1, 0.15) is 17.1 Å². The SMILES string of the molecule is COc1ccc(C(=O)NN=C(C)c2c(O)cc(C)oc2=O)cc1OC. The molecule has 0 aliphatic heterocycles. The third-order valence-corrected chi connectivity index (χ3v) is 3.39. The first-order chi connectivity index (χ1) is 11.9. The van der Waals surface area contributed by atoms with Crippen LogP contribution in [0.4, 0.5) is 0 Å². The van der Waals surface area contributed by atoms with Crippen molar-refractivity contribution in [3.63, 3.8) is 0 Å². The summed E-state index contributed by atoms with van der Waals surface area (Å²) in [5.74, 6) is 0.369. The Morgan fingerprint density at radius 2 is 1.88 bits per heavy atom. The Kier molecular flexibility index (Phi) is 5.43. The van der Waals surface area contributed by atoms with Crippen LogP contribution in [-0.2, 0) is 0 Å². The maximum Gasteiger partial charge on any atom is 0.348 e. The zero-order valence-corrected chi connectivity index (χ0v) is 14.2. The van der Waals surface area contributed by atoms with Gasteiger partial charge in [0.05, 0.1) is 19.9 Å². The molecule has 25 heavy (non-hydrogen) atoms. The Bertz CT molecular complexity index is 885. The standard InChI is InChI=1S/C17H18N2O6/c1-9-7-12(20)15(17(22)25-9)10(2)18-19-16(21)11-5-6-13(23-3)14(8-11)24-4/h5-8,20H,1-4H3,(H,19,21). The molecule has 1 heterocycles. The van der Waals surface area contributed by atoms with Crippen LogP contribution in [0, 0.1) is 6.92 Å². The Balaban J connectivity index is 2.24. The molecule has 0 radical (unpaired) electrons. The molecular weight excluding hydrogens is 328 g/mol. The van der Waals surface area contributed by atoms with E-state index in [9.17, 15) is 14.7 Å². The molecule has 2 rings (SSSR count). The summed E-state index contributed by atoms with van der Waals surface area (Å²) >= 11 is 0. The van der Waals surface area contributed by atoms with E-state index in [1.165, 1.54) is 40.2 Å². The van der Waals surface area contributed by atoms with Gasteiger partial charge in [0.15, 0.2) is 11.5 Å². The van der Waals surface area contributed by atoms with Crippen molar-refractivity contribution in [1.29, 1.82) is 0 Å². The number of aromatic hydroxyl groups is 1. The number of carbonyl (C=O) groups excluding carboxylic acids is 1. The first-order valence-electron chi connectivity index (χ1n) is 7.28. The predicted octanol–water partition coefficient (Wildman–Crippen LogP) is 1.83. The first-order valence-corrected chi connectivity index (χ1v) is 7.28. The molecule has 0 aliphatic carbocycles. The molecule has 0 atom stereocenters. The second-order valence-corrected chi connectivity index (χ2v) is 5.11. The quantitative estimate of drug-likeness (QED) is 0.631. The summed E-state index contributed by atoms with van der Waals surface area (Å²) < 4.78 is 15.2. The molecule has 0 fully saturated rings. The number of nitrogens with zero attached hydrogens (tertiary/aromatic N) is 1. The molecule has 0 aliphatic rings. The van der Waals surface area contributed by atoms with E-state index in [4.69, 9.17) is 13.9 Å². The van der Waals surface area contributed by atoms with Crippen molar-refractivity contribution in [1.82, 2.24) is 5.43 Å². The van der Waals surface area contributed by atoms with Crippen LogP contribution in [0.25, 0.3) is 0 Å². The van der Waals surface area contributed by atoms with Gasteiger partial charge in [-0.2, -0.15) is 5.10 Å². The lowest BCUT2D eigenvalue weighted by Crippen LogP contribution is -2.21. The summed E-state index contributed by atoms with van der Waals surface area (Å²) in [6.45, 7) is 3.01. The molecule has 8 heteroatoms. The summed E-state index contributed by atoms with van der Waals surface area (Å²) in [6.07, 6.45) is 0. The van der Waals surface area contributed by atoms with Gasteiger partial charge in [-0.1, -0.05) is 0 Å². The van der Waals surface area contributed by atoms with E-state index in [1.807, 2.05) is 0 Å². The van der Waals surface area contributed by atoms with Crippen LogP contribution in [0.1, 0.15) is 28.6 Å². The minimum absolute atomic E-state index is 0.111. The van der Waals surface area contributed by atoms with Crippen LogP contribution in [0.5, 0.6) is 17.2 Å². The molecule has 0 saturated heterocycles. The van der Waals surface area contributed by atoms with Crippen molar-refractivity contribution in [2.75, 3.05) is 14.2 Å². The van der Waals surface area contributed by atoms with Crippen molar-refractivity contribution in [2.45, 2.75) is 13.8 Å². The Morgan fingerprint density at radius 1 is 1.20 bits per heavy atom. The van der Waals surface area contributed by atoms with Crippen LogP contribution < -0.4 is 20.5 Å². The summed E-state index contributed by atoms with van der Waals surface area (Å²) in [4.78, 5) is 24.0. The van der Waals surface area contributed by atoms with Crippen molar-refractivity contribution < 1.29 is 23.8 Å². The van der Waals surface area contributed by atoms with E-state index >= 15 is 0 Å². The smallest absolute Gasteiger partial charge is 0.348 e. The van der Waals surface area contributed by atoms with Gasteiger partial charge in [0.25, 0.3) is 5.91 Å². The van der Waals surface area contributed by atoms with Crippen LogP contribution in [0.2, 0.25) is 0 Å². The van der Waals surface area contributed by atoms with Crippen molar-refractivity contribution in [3.05, 3.63) is 51.6 Å². The summed E-state index contributed by atoms with van der Waals surface area (Å²) in [5.41, 5.74) is 1.86. The average Bonchev–Trinajstić information content (AvgIpc) is 2.58. The lowest BCUT2D eigenvalue weighted by atomic mass is 10.2. The minimum Gasteiger partial charge on any atom is -0.507 e. The van der Waals surface area contributed by atoms with Crippen molar-refractivity contribution >= 4 is 11.6 Å². The summed E-state index contributed by atoms with van der Waals surface area (Å²) in [7, 11) is 2.95. The van der Waals surface area contributed by atoms with Crippen molar-refractivity contribution in [3.8, 4) is 17.2 Å². The van der Waals surface area contributed by atoms with Gasteiger partial charge in [0, 0.05) is 11.6 Å². The maximum atomic E-state index is 12.2. The summed E-state index contributed by atoms with van der Waals surface area (Å²) in [6, 6.07) is 5.92. The topological polar surface area (TPSA) is 110 Å². The largest absolute Gasteiger partial charge is 0.507 e. The first kappa shape index (κ1) is 18.1. The van der Waals surface area contributed by atoms with Crippen molar-refractivity contribution in [2.24, 2.45) is 5.10 Å². The van der Waals surface area contributed by atoms with Crippen LogP contribution in [0.15, 0.2) is 38.6 Å². The van der Waals surface area contributed by atoms with E-state index in [0.29, 0.717) is 11.5 Å². The number of carbonyl (C=O) groups is 1. The average molecular weight is 346 g/mol. The molecule has 8 nitrogen and oxygen atoms in total. The molecule has 132 valence electrons. The molecule has 2 aromatic rings. The lowest BCUT2D eigenvalue weighted by Gasteiger charge is -2.09. The minimum atomic E-state index is -0.737. The predicted molar refractivity (Wildman–Crippen MR) is 90.6 cm³/mol.